The highest BCUT2D eigenvalue weighted by Gasteiger charge is 2.25. The maximum atomic E-state index is 11.9. The molecule has 1 saturated carbocycles. The molecule has 0 spiro atoms. The Labute approximate surface area is 113 Å². The minimum Gasteiger partial charge on any atom is -0.380 e. The molecule has 2 unspecified atom stereocenters. The van der Waals surface area contributed by atoms with E-state index in [1.165, 1.54) is 0 Å². The Morgan fingerprint density at radius 2 is 1.95 bits per heavy atom. The fraction of sp³-hybridized carbons (Fsp3) is 0.533. The van der Waals surface area contributed by atoms with Crippen molar-refractivity contribution in [3.05, 3.63) is 29.8 Å². The number of anilines is 1. The van der Waals surface area contributed by atoms with Crippen LogP contribution in [0, 0.1) is 0 Å². The molecular weight excluding hydrogens is 240 g/mol. The predicted octanol–water partition coefficient (Wildman–Crippen LogP) is 2.17. The number of nitrogens with one attached hydrogen (secondary N) is 2. The topological polar surface area (TPSA) is 50.4 Å². The average molecular weight is 260 g/mol. The molecule has 0 radical (unpaired) electrons. The zero-order valence-electron chi connectivity index (χ0n) is 11.2. The zero-order valence-corrected chi connectivity index (χ0v) is 11.2. The van der Waals surface area contributed by atoms with Gasteiger partial charge in [-0.1, -0.05) is 0 Å². The Balaban J connectivity index is 1.59. The predicted molar refractivity (Wildman–Crippen MR) is 74.4 cm³/mol. The molecular formula is C15H20N2O2. The second-order valence-electron chi connectivity index (χ2n) is 5.44. The summed E-state index contributed by atoms with van der Waals surface area (Å²) in [5.41, 5.74) is 1.78. The molecule has 102 valence electrons. The van der Waals surface area contributed by atoms with Crippen molar-refractivity contribution in [1.29, 1.82) is 0 Å². The first-order valence-corrected chi connectivity index (χ1v) is 7.01. The van der Waals surface area contributed by atoms with Crippen LogP contribution in [0.25, 0.3) is 0 Å². The lowest BCUT2D eigenvalue weighted by molar-refractivity contribution is 0.0951. The molecule has 4 heteroatoms. The van der Waals surface area contributed by atoms with E-state index in [2.05, 4.69) is 17.6 Å². The summed E-state index contributed by atoms with van der Waals surface area (Å²) < 4.78 is 5.52. The first kappa shape index (κ1) is 12.5. The van der Waals surface area contributed by atoms with Crippen molar-refractivity contribution in [2.24, 2.45) is 0 Å². The number of benzene rings is 1. The molecule has 2 N–H and O–H groups in total. The largest absolute Gasteiger partial charge is 0.380 e. The van der Waals surface area contributed by atoms with E-state index in [1.54, 1.807) is 0 Å². The maximum Gasteiger partial charge on any atom is 0.251 e. The standard InChI is InChI=1S/C15H20N2O2/c1-10-14(8-9-19-10)16-12-4-2-11(3-5-12)15(18)17-13-6-7-13/h2-5,10,13-14,16H,6-9H2,1H3,(H,17,18). The Kier molecular flexibility index (Phi) is 3.42. The summed E-state index contributed by atoms with van der Waals surface area (Å²) in [7, 11) is 0. The van der Waals surface area contributed by atoms with Gasteiger partial charge in [0.05, 0.1) is 12.1 Å². The van der Waals surface area contributed by atoms with Crippen molar-refractivity contribution in [3.8, 4) is 0 Å². The van der Waals surface area contributed by atoms with Gasteiger partial charge in [0.15, 0.2) is 0 Å². The van der Waals surface area contributed by atoms with Crippen molar-refractivity contribution in [2.75, 3.05) is 11.9 Å². The molecule has 4 nitrogen and oxygen atoms in total. The highest BCUT2D eigenvalue weighted by Crippen LogP contribution is 2.21. The summed E-state index contributed by atoms with van der Waals surface area (Å²) in [6.45, 7) is 2.91. The first-order valence-electron chi connectivity index (χ1n) is 7.01. The molecule has 2 atom stereocenters. The van der Waals surface area contributed by atoms with E-state index in [0.29, 0.717) is 12.1 Å². The van der Waals surface area contributed by atoms with E-state index in [-0.39, 0.29) is 12.0 Å². The highest BCUT2D eigenvalue weighted by molar-refractivity contribution is 5.94. The van der Waals surface area contributed by atoms with E-state index in [0.717, 1.165) is 37.1 Å². The fourth-order valence-electron chi connectivity index (χ4n) is 2.35. The lowest BCUT2D eigenvalue weighted by atomic mass is 10.1. The van der Waals surface area contributed by atoms with Crippen LogP contribution in [0.15, 0.2) is 24.3 Å². The van der Waals surface area contributed by atoms with E-state index in [4.69, 9.17) is 4.74 Å². The third kappa shape index (κ3) is 3.07. The molecule has 1 heterocycles. The van der Waals surface area contributed by atoms with Crippen LogP contribution in [0.1, 0.15) is 36.5 Å². The molecule has 0 bridgehead atoms. The molecule has 1 aliphatic carbocycles. The highest BCUT2D eigenvalue weighted by atomic mass is 16.5. The van der Waals surface area contributed by atoms with E-state index >= 15 is 0 Å². The molecule has 1 aromatic rings. The summed E-state index contributed by atoms with van der Waals surface area (Å²) in [4.78, 5) is 11.9. The van der Waals surface area contributed by atoms with Crippen LogP contribution in [0.2, 0.25) is 0 Å². The number of amides is 1. The van der Waals surface area contributed by atoms with Crippen LogP contribution in [-0.2, 0) is 4.74 Å². The van der Waals surface area contributed by atoms with Crippen molar-refractivity contribution < 1.29 is 9.53 Å². The van der Waals surface area contributed by atoms with Crippen LogP contribution in [-0.4, -0.2) is 30.7 Å². The lowest BCUT2D eigenvalue weighted by Gasteiger charge is -2.17. The molecule has 3 rings (SSSR count). The molecule has 1 aliphatic heterocycles. The van der Waals surface area contributed by atoms with Gasteiger partial charge in [0.25, 0.3) is 5.91 Å². The summed E-state index contributed by atoms with van der Waals surface area (Å²) in [5, 5.41) is 6.44. The van der Waals surface area contributed by atoms with Crippen molar-refractivity contribution in [2.45, 2.75) is 44.4 Å². The quantitative estimate of drug-likeness (QED) is 0.872. The van der Waals surface area contributed by atoms with Crippen molar-refractivity contribution in [3.63, 3.8) is 0 Å². The molecule has 1 saturated heterocycles. The Morgan fingerprint density at radius 1 is 1.21 bits per heavy atom. The Morgan fingerprint density at radius 3 is 2.53 bits per heavy atom. The summed E-state index contributed by atoms with van der Waals surface area (Å²) >= 11 is 0. The monoisotopic (exact) mass is 260 g/mol. The summed E-state index contributed by atoms with van der Waals surface area (Å²) in [5.74, 6) is 0.0339. The molecule has 2 fully saturated rings. The number of carbonyl (C=O) groups is 1. The van der Waals surface area contributed by atoms with Gasteiger partial charge < -0.3 is 15.4 Å². The lowest BCUT2D eigenvalue weighted by Crippen LogP contribution is -2.27. The summed E-state index contributed by atoms with van der Waals surface area (Å²) in [6.07, 6.45) is 3.51. The van der Waals surface area contributed by atoms with Crippen LogP contribution in [0.3, 0.4) is 0 Å². The number of hydrogen-bond donors (Lipinski definition) is 2. The van der Waals surface area contributed by atoms with Gasteiger partial charge in [-0.2, -0.15) is 0 Å². The average Bonchev–Trinajstić information content (AvgIpc) is 3.14. The zero-order chi connectivity index (χ0) is 13.2. The van der Waals surface area contributed by atoms with Crippen LogP contribution in [0.5, 0.6) is 0 Å². The maximum absolute atomic E-state index is 11.9. The van der Waals surface area contributed by atoms with Crippen LogP contribution in [0.4, 0.5) is 5.69 Å². The third-order valence-corrected chi connectivity index (χ3v) is 3.79. The van der Waals surface area contributed by atoms with Crippen molar-refractivity contribution in [1.82, 2.24) is 5.32 Å². The second-order valence-corrected chi connectivity index (χ2v) is 5.44. The number of ether oxygens (including phenoxy) is 1. The molecule has 2 aliphatic rings. The fourth-order valence-corrected chi connectivity index (χ4v) is 2.35. The first-order chi connectivity index (χ1) is 9.22. The van der Waals surface area contributed by atoms with E-state index in [9.17, 15) is 4.79 Å². The van der Waals surface area contributed by atoms with Gasteiger partial charge in [-0.25, -0.2) is 0 Å². The molecule has 1 aromatic carbocycles. The smallest absolute Gasteiger partial charge is 0.251 e. The molecule has 19 heavy (non-hydrogen) atoms. The molecule has 0 aromatic heterocycles. The van der Waals surface area contributed by atoms with Gasteiger partial charge in [-0.3, -0.25) is 4.79 Å². The van der Waals surface area contributed by atoms with Crippen LogP contribution >= 0.6 is 0 Å². The minimum atomic E-state index is 0.0339. The molecule has 1 amide bonds. The normalized spacial score (nSPS) is 26.2. The van der Waals surface area contributed by atoms with Crippen molar-refractivity contribution >= 4 is 11.6 Å². The van der Waals surface area contributed by atoms with Gasteiger partial charge in [0, 0.05) is 23.9 Å². The Hall–Kier alpha value is -1.55. The third-order valence-electron chi connectivity index (χ3n) is 3.79. The van der Waals surface area contributed by atoms with Gasteiger partial charge in [0.2, 0.25) is 0 Å². The SMILES string of the molecule is CC1OCCC1Nc1ccc(C(=O)NC2CC2)cc1. The number of carbonyl (C=O) groups excluding carboxylic acids is 1. The van der Waals surface area contributed by atoms with Gasteiger partial charge in [0.1, 0.15) is 0 Å². The van der Waals surface area contributed by atoms with Crippen LogP contribution < -0.4 is 10.6 Å². The minimum absolute atomic E-state index is 0.0339. The van der Waals surface area contributed by atoms with E-state index < -0.39 is 0 Å². The van der Waals surface area contributed by atoms with Gasteiger partial charge in [-0.05, 0) is 50.5 Å². The van der Waals surface area contributed by atoms with Gasteiger partial charge in [-0.15, -0.1) is 0 Å². The second kappa shape index (κ2) is 5.21. The van der Waals surface area contributed by atoms with E-state index in [1.807, 2.05) is 24.3 Å². The van der Waals surface area contributed by atoms with Gasteiger partial charge >= 0.3 is 0 Å². The number of hydrogen-bond acceptors (Lipinski definition) is 3. The summed E-state index contributed by atoms with van der Waals surface area (Å²) in [6, 6.07) is 8.45. The number of rotatable bonds is 4. The Bertz CT molecular complexity index is 454.